The van der Waals surface area contributed by atoms with Gasteiger partial charge in [0.2, 0.25) is 5.91 Å². The Morgan fingerprint density at radius 2 is 1.47 bits per heavy atom. The lowest BCUT2D eigenvalue weighted by atomic mass is 9.92. The van der Waals surface area contributed by atoms with E-state index in [1.807, 2.05) is 66.6 Å². The van der Waals surface area contributed by atoms with Crippen molar-refractivity contribution in [3.05, 3.63) is 65.7 Å². The van der Waals surface area contributed by atoms with Gasteiger partial charge in [0.25, 0.3) is 0 Å². The highest BCUT2D eigenvalue weighted by Gasteiger charge is 2.41. The second-order valence-electron chi connectivity index (χ2n) is 7.64. The third kappa shape index (κ3) is 4.94. The smallest absolute Gasteiger partial charge is 0.330 e. The highest BCUT2D eigenvalue weighted by Crippen LogP contribution is 2.30. The van der Waals surface area contributed by atoms with Crippen LogP contribution >= 0.6 is 0 Å². The first-order valence-electron chi connectivity index (χ1n) is 10.5. The van der Waals surface area contributed by atoms with E-state index >= 15 is 0 Å². The number of piperazine rings is 1. The van der Waals surface area contributed by atoms with Gasteiger partial charge < -0.3 is 19.1 Å². The molecule has 1 aliphatic heterocycles. The summed E-state index contributed by atoms with van der Waals surface area (Å²) >= 11 is 0. The van der Waals surface area contributed by atoms with Gasteiger partial charge in [0.15, 0.2) is 0 Å². The topological polar surface area (TPSA) is 68.3 Å². The molecule has 7 nitrogen and oxygen atoms in total. The number of amides is 1. The molecular weight excluding hydrogens is 408 g/mol. The van der Waals surface area contributed by atoms with Crippen LogP contribution in [0.1, 0.15) is 18.1 Å². The molecule has 2 atom stereocenters. The van der Waals surface area contributed by atoms with Crippen LogP contribution in [0.15, 0.2) is 54.6 Å². The van der Waals surface area contributed by atoms with Crippen LogP contribution in [0.5, 0.6) is 11.5 Å². The molecular formula is C25H30N2O5. The average Bonchev–Trinajstić information content (AvgIpc) is 2.81. The summed E-state index contributed by atoms with van der Waals surface area (Å²) in [5.74, 6) is 0.977. The van der Waals surface area contributed by atoms with E-state index in [0.29, 0.717) is 0 Å². The standard InChI is InChI=1S/C25H30N2O5/c1-6-32-25(29)24-22(26(2)16-23(28)27(24)3)15-21(17-7-11-19(30-4)12-8-17)18-9-13-20(31-5)14-10-18/h7-15,22,24H,6,16H2,1-5H3/t22-,24-/m1/s1. The number of esters is 1. The zero-order valence-corrected chi connectivity index (χ0v) is 19.2. The van der Waals surface area contributed by atoms with E-state index in [-0.39, 0.29) is 25.1 Å². The molecule has 1 aliphatic rings. The fourth-order valence-corrected chi connectivity index (χ4v) is 3.87. The number of carbonyl (C=O) groups excluding carboxylic acids is 2. The second kappa shape index (κ2) is 10.3. The summed E-state index contributed by atoms with van der Waals surface area (Å²) in [6.45, 7) is 2.23. The van der Waals surface area contributed by atoms with Gasteiger partial charge in [-0.05, 0) is 54.9 Å². The number of hydrogen-bond donors (Lipinski definition) is 0. The molecule has 0 radical (unpaired) electrons. The van der Waals surface area contributed by atoms with E-state index in [2.05, 4.69) is 0 Å². The van der Waals surface area contributed by atoms with Gasteiger partial charge in [-0.15, -0.1) is 0 Å². The third-order valence-electron chi connectivity index (χ3n) is 5.70. The molecule has 0 unspecified atom stereocenters. The van der Waals surface area contributed by atoms with Crippen LogP contribution in [-0.4, -0.2) is 75.2 Å². The van der Waals surface area contributed by atoms with Crippen molar-refractivity contribution in [3.63, 3.8) is 0 Å². The number of methoxy groups -OCH3 is 2. The molecule has 170 valence electrons. The summed E-state index contributed by atoms with van der Waals surface area (Å²) in [4.78, 5) is 28.7. The van der Waals surface area contributed by atoms with Crippen LogP contribution in [0.3, 0.4) is 0 Å². The Balaban J connectivity index is 2.12. The van der Waals surface area contributed by atoms with Crippen molar-refractivity contribution in [3.8, 4) is 11.5 Å². The molecule has 0 aromatic heterocycles. The number of nitrogens with zero attached hydrogens (tertiary/aromatic N) is 2. The highest BCUT2D eigenvalue weighted by molar-refractivity contribution is 5.89. The lowest BCUT2D eigenvalue weighted by Crippen LogP contribution is -2.62. The van der Waals surface area contributed by atoms with E-state index in [1.54, 1.807) is 28.2 Å². The summed E-state index contributed by atoms with van der Waals surface area (Å²) in [7, 11) is 6.75. The Bertz CT molecular complexity index is 919. The summed E-state index contributed by atoms with van der Waals surface area (Å²) in [5.41, 5.74) is 2.86. The number of hydrogen-bond acceptors (Lipinski definition) is 6. The first-order chi connectivity index (χ1) is 15.4. The molecule has 0 aliphatic carbocycles. The first kappa shape index (κ1) is 23.3. The van der Waals surface area contributed by atoms with Gasteiger partial charge in [0.05, 0.1) is 33.4 Å². The lowest BCUT2D eigenvalue weighted by molar-refractivity contribution is -0.160. The molecule has 2 aromatic rings. The number of benzene rings is 2. The Morgan fingerprint density at radius 3 is 1.91 bits per heavy atom. The maximum Gasteiger partial charge on any atom is 0.330 e. The van der Waals surface area contributed by atoms with Crippen LogP contribution in [-0.2, 0) is 14.3 Å². The van der Waals surface area contributed by atoms with Crippen LogP contribution in [0.4, 0.5) is 0 Å². The number of rotatable bonds is 7. The Kier molecular flexibility index (Phi) is 7.53. The quantitative estimate of drug-likeness (QED) is 0.620. The predicted octanol–water partition coefficient (Wildman–Crippen LogP) is 2.84. The van der Waals surface area contributed by atoms with Crippen molar-refractivity contribution >= 4 is 17.4 Å². The Morgan fingerprint density at radius 1 is 0.969 bits per heavy atom. The van der Waals surface area contributed by atoms with E-state index < -0.39 is 12.0 Å². The largest absolute Gasteiger partial charge is 0.497 e. The number of likely N-dealkylation sites (N-methyl/N-ethyl adjacent to an activating group) is 2. The maximum atomic E-state index is 12.8. The normalized spacial score (nSPS) is 18.8. The van der Waals surface area contributed by atoms with Crippen molar-refractivity contribution in [2.24, 2.45) is 0 Å². The number of ether oxygens (including phenoxy) is 3. The Labute approximate surface area is 189 Å². The van der Waals surface area contributed by atoms with Gasteiger partial charge >= 0.3 is 5.97 Å². The van der Waals surface area contributed by atoms with E-state index in [4.69, 9.17) is 14.2 Å². The third-order valence-corrected chi connectivity index (χ3v) is 5.70. The SMILES string of the molecule is CCOC(=O)[C@H]1[C@@H](C=C(c2ccc(OC)cc2)c2ccc(OC)cc2)N(C)CC(=O)N1C. The molecule has 7 heteroatoms. The summed E-state index contributed by atoms with van der Waals surface area (Å²) in [6, 6.07) is 14.4. The summed E-state index contributed by atoms with van der Waals surface area (Å²) in [5, 5.41) is 0. The van der Waals surface area contributed by atoms with Gasteiger partial charge in [-0.2, -0.15) is 0 Å². The predicted molar refractivity (Wildman–Crippen MR) is 123 cm³/mol. The van der Waals surface area contributed by atoms with Crippen molar-refractivity contribution in [1.29, 1.82) is 0 Å². The first-order valence-corrected chi connectivity index (χ1v) is 10.5. The van der Waals surface area contributed by atoms with Gasteiger partial charge in [-0.1, -0.05) is 30.3 Å². The molecule has 0 bridgehead atoms. The molecule has 1 heterocycles. The summed E-state index contributed by atoms with van der Waals surface area (Å²) in [6.07, 6.45) is 2.04. The van der Waals surface area contributed by atoms with Gasteiger partial charge in [-0.3, -0.25) is 9.69 Å². The minimum atomic E-state index is -0.743. The molecule has 0 spiro atoms. The fraction of sp³-hybridized carbons (Fsp3) is 0.360. The van der Waals surface area contributed by atoms with Crippen molar-refractivity contribution in [1.82, 2.24) is 9.80 Å². The summed E-state index contributed by atoms with van der Waals surface area (Å²) < 4.78 is 15.9. The van der Waals surface area contributed by atoms with Crippen LogP contribution in [0, 0.1) is 0 Å². The van der Waals surface area contributed by atoms with Crippen molar-refractivity contribution in [2.45, 2.75) is 19.0 Å². The molecule has 1 fully saturated rings. The molecule has 1 amide bonds. The van der Waals surface area contributed by atoms with Gasteiger partial charge in [0, 0.05) is 7.05 Å². The Hall–Kier alpha value is -3.32. The zero-order chi connectivity index (χ0) is 23.3. The minimum Gasteiger partial charge on any atom is -0.497 e. The van der Waals surface area contributed by atoms with Crippen LogP contribution in [0.25, 0.3) is 5.57 Å². The van der Waals surface area contributed by atoms with E-state index in [0.717, 1.165) is 28.2 Å². The molecule has 32 heavy (non-hydrogen) atoms. The molecule has 3 rings (SSSR count). The zero-order valence-electron chi connectivity index (χ0n) is 19.2. The second-order valence-corrected chi connectivity index (χ2v) is 7.64. The van der Waals surface area contributed by atoms with E-state index in [9.17, 15) is 9.59 Å². The van der Waals surface area contributed by atoms with Gasteiger partial charge in [-0.25, -0.2) is 4.79 Å². The van der Waals surface area contributed by atoms with Crippen LogP contribution in [0.2, 0.25) is 0 Å². The monoisotopic (exact) mass is 438 g/mol. The van der Waals surface area contributed by atoms with Crippen LogP contribution < -0.4 is 9.47 Å². The van der Waals surface area contributed by atoms with Gasteiger partial charge in [0.1, 0.15) is 17.5 Å². The molecule has 1 saturated heterocycles. The maximum absolute atomic E-state index is 12.8. The fourth-order valence-electron chi connectivity index (χ4n) is 3.87. The minimum absolute atomic E-state index is 0.120. The highest BCUT2D eigenvalue weighted by atomic mass is 16.5. The van der Waals surface area contributed by atoms with Crippen molar-refractivity contribution in [2.75, 3.05) is 41.5 Å². The lowest BCUT2D eigenvalue weighted by Gasteiger charge is -2.42. The number of carbonyl (C=O) groups is 2. The average molecular weight is 439 g/mol. The van der Waals surface area contributed by atoms with Crippen molar-refractivity contribution < 1.29 is 23.8 Å². The van der Waals surface area contributed by atoms with E-state index in [1.165, 1.54) is 4.90 Å². The molecule has 2 aromatic carbocycles. The molecule has 0 N–H and O–H groups in total. The molecule has 0 saturated carbocycles.